The molecule has 9 heteroatoms. The van der Waals surface area contributed by atoms with E-state index in [1.807, 2.05) is 6.92 Å². The summed E-state index contributed by atoms with van der Waals surface area (Å²) in [5.74, 6) is -1.63. The van der Waals surface area contributed by atoms with Gasteiger partial charge >= 0.3 is 0 Å². The highest BCUT2D eigenvalue weighted by atomic mass is 32.2. The van der Waals surface area contributed by atoms with Gasteiger partial charge < -0.3 is 0 Å². The zero-order valence-corrected chi connectivity index (χ0v) is 16.6. The second-order valence-corrected chi connectivity index (χ2v) is 7.51. The fourth-order valence-corrected chi connectivity index (χ4v) is 2.86. The number of ketones is 2. The van der Waals surface area contributed by atoms with Crippen molar-refractivity contribution >= 4 is 27.4 Å². The molecule has 0 aliphatic carbocycles. The molecule has 0 unspecified atom stereocenters. The van der Waals surface area contributed by atoms with Crippen molar-refractivity contribution in [2.75, 3.05) is 0 Å². The molecule has 0 atom stereocenters. The van der Waals surface area contributed by atoms with Gasteiger partial charge in [-0.15, -0.1) is 0 Å². The molecule has 3 rings (SSSR count). The Balaban J connectivity index is 0.000000248. The van der Waals surface area contributed by atoms with Crippen LogP contribution in [0.2, 0.25) is 0 Å². The monoisotopic (exact) mass is 427 g/mol. The summed E-state index contributed by atoms with van der Waals surface area (Å²) in [6, 6.07) is 19.4. The van der Waals surface area contributed by atoms with Crippen LogP contribution in [0.5, 0.6) is 0 Å². The van der Waals surface area contributed by atoms with Gasteiger partial charge in [-0.3, -0.25) is 24.3 Å². The number of carbonyl (C=O) groups is 2. The maximum atomic E-state index is 12.0. The van der Waals surface area contributed by atoms with E-state index in [1.54, 1.807) is 30.3 Å². The van der Waals surface area contributed by atoms with Crippen molar-refractivity contribution in [2.24, 2.45) is 0 Å². The van der Waals surface area contributed by atoms with Crippen LogP contribution in [0.25, 0.3) is 0 Å². The number of rotatable bonds is 5. The average molecular weight is 427 g/mol. The molecule has 154 valence electrons. The first-order valence-electron chi connectivity index (χ1n) is 8.53. The van der Waals surface area contributed by atoms with Gasteiger partial charge in [0, 0.05) is 11.6 Å². The third kappa shape index (κ3) is 5.90. The molecular formula is C21H17NO7S. The summed E-state index contributed by atoms with van der Waals surface area (Å²) >= 11 is 0. The van der Waals surface area contributed by atoms with Crippen LogP contribution < -0.4 is 0 Å². The highest BCUT2D eigenvalue weighted by Crippen LogP contribution is 2.19. The normalized spacial score (nSPS) is 10.5. The maximum absolute atomic E-state index is 12.0. The third-order valence-electron chi connectivity index (χ3n) is 3.91. The van der Waals surface area contributed by atoms with Crippen molar-refractivity contribution in [3.8, 4) is 0 Å². The molecule has 3 aromatic carbocycles. The van der Waals surface area contributed by atoms with Crippen LogP contribution in [0.15, 0.2) is 83.8 Å². The molecule has 0 amide bonds. The summed E-state index contributed by atoms with van der Waals surface area (Å²) in [6.07, 6.45) is 0. The minimum absolute atomic E-state index is 0.0666. The van der Waals surface area contributed by atoms with Gasteiger partial charge in [-0.1, -0.05) is 60.2 Å². The van der Waals surface area contributed by atoms with Crippen LogP contribution in [0.4, 0.5) is 5.69 Å². The lowest BCUT2D eigenvalue weighted by atomic mass is 10.0. The minimum Gasteiger partial charge on any atom is -0.285 e. The fourth-order valence-electron chi connectivity index (χ4n) is 2.38. The molecule has 3 aromatic rings. The molecule has 30 heavy (non-hydrogen) atoms. The zero-order valence-electron chi connectivity index (χ0n) is 15.8. The van der Waals surface area contributed by atoms with Crippen molar-refractivity contribution in [3.05, 3.63) is 106 Å². The van der Waals surface area contributed by atoms with Crippen molar-refractivity contribution in [1.29, 1.82) is 0 Å². The summed E-state index contributed by atoms with van der Waals surface area (Å²) in [5, 5.41) is 10.8. The molecule has 0 bridgehead atoms. The Hall–Kier alpha value is -3.69. The number of hydrogen-bond acceptors (Lipinski definition) is 6. The Morgan fingerprint density at radius 1 is 0.833 bits per heavy atom. The molecule has 0 saturated heterocycles. The summed E-state index contributed by atoms with van der Waals surface area (Å²) in [7, 11) is -4.02. The summed E-state index contributed by atoms with van der Waals surface area (Å²) in [5.41, 5.74) is 0.612. The van der Waals surface area contributed by atoms with E-state index in [1.165, 1.54) is 48.5 Å². The smallest absolute Gasteiger partial charge is 0.285 e. The quantitative estimate of drug-likeness (QED) is 0.215. The summed E-state index contributed by atoms with van der Waals surface area (Å²) in [6.45, 7) is 1.84. The SMILES string of the molecule is Cc1ccc(S(=O)(=O)O)cc1.O=C(C(=O)c1ccccc1[N+](=O)[O-])c1ccccc1. The minimum atomic E-state index is -4.02. The van der Waals surface area contributed by atoms with Crippen LogP contribution in [-0.2, 0) is 10.1 Å². The lowest BCUT2D eigenvalue weighted by Crippen LogP contribution is -2.15. The Bertz CT molecular complexity index is 1170. The highest BCUT2D eigenvalue weighted by Gasteiger charge is 2.25. The fraction of sp³-hybridized carbons (Fsp3) is 0.0476. The van der Waals surface area contributed by atoms with Gasteiger partial charge in [0.05, 0.1) is 9.82 Å². The second kappa shape index (κ2) is 9.68. The van der Waals surface area contributed by atoms with E-state index in [0.29, 0.717) is 0 Å². The number of aryl methyl sites for hydroxylation is 1. The van der Waals surface area contributed by atoms with E-state index in [2.05, 4.69) is 0 Å². The lowest BCUT2D eigenvalue weighted by molar-refractivity contribution is -0.385. The molecule has 1 N–H and O–H groups in total. The molecular weight excluding hydrogens is 410 g/mol. The number of nitro groups is 1. The molecule has 0 radical (unpaired) electrons. The van der Waals surface area contributed by atoms with Crippen LogP contribution in [-0.4, -0.2) is 29.5 Å². The molecule has 0 spiro atoms. The topological polar surface area (TPSA) is 132 Å². The van der Waals surface area contributed by atoms with Gasteiger partial charge in [0.15, 0.2) is 0 Å². The largest absolute Gasteiger partial charge is 0.294 e. The van der Waals surface area contributed by atoms with Crippen molar-refractivity contribution in [3.63, 3.8) is 0 Å². The highest BCUT2D eigenvalue weighted by molar-refractivity contribution is 7.85. The first kappa shape index (κ1) is 22.6. The standard InChI is InChI=1S/C14H9NO4.C7H8O3S/c16-13(10-6-2-1-3-7-10)14(17)11-8-4-5-9-12(11)15(18)19;1-6-2-4-7(5-3-6)11(8,9)10/h1-9H;2-5H,1H3,(H,8,9,10). The lowest BCUT2D eigenvalue weighted by Gasteiger charge is -2.01. The van der Waals surface area contributed by atoms with Crippen LogP contribution >= 0.6 is 0 Å². The van der Waals surface area contributed by atoms with E-state index in [4.69, 9.17) is 4.55 Å². The Kier molecular flexibility index (Phi) is 7.29. The molecule has 0 fully saturated rings. The van der Waals surface area contributed by atoms with Gasteiger partial charge in [0.1, 0.15) is 5.56 Å². The molecule has 0 aliphatic heterocycles. The van der Waals surface area contributed by atoms with Crippen molar-refractivity contribution in [2.45, 2.75) is 11.8 Å². The average Bonchev–Trinajstić information content (AvgIpc) is 2.73. The number of hydrogen-bond donors (Lipinski definition) is 1. The van der Waals surface area contributed by atoms with Gasteiger partial charge in [-0.25, -0.2) is 0 Å². The molecule has 0 aromatic heterocycles. The first-order chi connectivity index (χ1) is 14.1. The van der Waals surface area contributed by atoms with Crippen molar-refractivity contribution in [1.82, 2.24) is 0 Å². The molecule has 0 aliphatic rings. The number of benzene rings is 3. The van der Waals surface area contributed by atoms with E-state index in [-0.39, 0.29) is 21.7 Å². The zero-order chi connectivity index (χ0) is 22.3. The maximum Gasteiger partial charge on any atom is 0.294 e. The van der Waals surface area contributed by atoms with Crippen LogP contribution in [0, 0.1) is 17.0 Å². The van der Waals surface area contributed by atoms with Gasteiger partial charge in [0.25, 0.3) is 15.8 Å². The van der Waals surface area contributed by atoms with Gasteiger partial charge in [-0.2, -0.15) is 8.42 Å². The van der Waals surface area contributed by atoms with Gasteiger partial charge in [-0.05, 0) is 25.1 Å². The number of carbonyl (C=O) groups excluding carboxylic acids is 2. The number of nitrogens with zero attached hydrogens (tertiary/aromatic N) is 1. The number of nitro benzene ring substituents is 1. The molecule has 0 heterocycles. The Morgan fingerprint density at radius 3 is 1.90 bits per heavy atom. The summed E-state index contributed by atoms with van der Waals surface area (Å²) < 4.78 is 29.6. The Morgan fingerprint density at radius 2 is 1.37 bits per heavy atom. The predicted molar refractivity (Wildman–Crippen MR) is 109 cm³/mol. The van der Waals surface area contributed by atoms with E-state index in [9.17, 15) is 28.1 Å². The summed E-state index contributed by atoms with van der Waals surface area (Å²) in [4.78, 5) is 34.0. The number of Topliss-reactive ketones (excluding diaryl/α,β-unsaturated/α-hetero) is 2. The second-order valence-electron chi connectivity index (χ2n) is 6.09. The van der Waals surface area contributed by atoms with Crippen LogP contribution in [0.1, 0.15) is 26.3 Å². The van der Waals surface area contributed by atoms with E-state index >= 15 is 0 Å². The van der Waals surface area contributed by atoms with E-state index in [0.717, 1.165) is 5.56 Å². The van der Waals surface area contributed by atoms with Gasteiger partial charge in [0.2, 0.25) is 11.6 Å². The Labute approximate surface area is 172 Å². The van der Waals surface area contributed by atoms with Crippen molar-refractivity contribution < 1.29 is 27.5 Å². The first-order valence-corrected chi connectivity index (χ1v) is 9.97. The number of para-hydroxylation sites is 1. The molecule has 0 saturated carbocycles. The predicted octanol–water partition coefficient (Wildman–Crippen LogP) is 3.90. The third-order valence-corrected chi connectivity index (χ3v) is 4.77. The van der Waals surface area contributed by atoms with E-state index < -0.39 is 26.6 Å². The van der Waals surface area contributed by atoms with Crippen LogP contribution in [0.3, 0.4) is 0 Å². The molecule has 8 nitrogen and oxygen atoms in total.